The topological polar surface area (TPSA) is 70.6 Å². The molecule has 102 valence electrons. The van der Waals surface area contributed by atoms with Crippen LogP contribution in [-0.2, 0) is 4.74 Å². The Labute approximate surface area is 104 Å². The molecule has 0 aliphatic rings. The van der Waals surface area contributed by atoms with Crippen LogP contribution in [-0.4, -0.2) is 42.5 Å². The number of aliphatic hydroxyl groups excluding tert-OH is 1. The lowest BCUT2D eigenvalue weighted by Crippen LogP contribution is -2.42. The quantitative estimate of drug-likeness (QED) is 0.614. The standard InChI is InChI=1S/C12H26N2O3/c1-9(2)10(8-15)13-6-7-14-11(16)17-12(3,4)5/h9-10,13,15H,6-8H2,1-5H3,(H,14,16). The molecular formula is C12H26N2O3. The van der Waals surface area contributed by atoms with Gasteiger partial charge in [0.1, 0.15) is 5.60 Å². The Morgan fingerprint density at radius 3 is 2.29 bits per heavy atom. The summed E-state index contributed by atoms with van der Waals surface area (Å²) in [5.41, 5.74) is -0.469. The van der Waals surface area contributed by atoms with Gasteiger partial charge in [0.2, 0.25) is 0 Å². The average Bonchev–Trinajstić information content (AvgIpc) is 2.14. The molecule has 5 nitrogen and oxygen atoms in total. The summed E-state index contributed by atoms with van der Waals surface area (Å²) in [4.78, 5) is 11.3. The first-order valence-electron chi connectivity index (χ1n) is 6.07. The molecule has 0 bridgehead atoms. The van der Waals surface area contributed by atoms with Gasteiger partial charge in [-0.25, -0.2) is 4.79 Å². The van der Waals surface area contributed by atoms with Crippen LogP contribution in [0, 0.1) is 5.92 Å². The predicted molar refractivity (Wildman–Crippen MR) is 68.0 cm³/mol. The number of hydrogen-bond donors (Lipinski definition) is 3. The molecule has 0 heterocycles. The molecule has 0 rings (SSSR count). The molecule has 0 aliphatic carbocycles. The number of rotatable bonds is 6. The fourth-order valence-corrected chi connectivity index (χ4v) is 1.25. The maximum absolute atomic E-state index is 11.3. The number of ether oxygens (including phenoxy) is 1. The van der Waals surface area contributed by atoms with Crippen LogP contribution in [0.25, 0.3) is 0 Å². The highest BCUT2D eigenvalue weighted by Crippen LogP contribution is 2.06. The molecule has 0 saturated carbocycles. The van der Waals surface area contributed by atoms with Crippen molar-refractivity contribution in [2.75, 3.05) is 19.7 Å². The predicted octanol–water partition coefficient (Wildman–Crippen LogP) is 1.12. The molecule has 1 amide bonds. The zero-order chi connectivity index (χ0) is 13.5. The summed E-state index contributed by atoms with van der Waals surface area (Å²) >= 11 is 0. The Balaban J connectivity index is 3.67. The number of carbonyl (C=O) groups is 1. The van der Waals surface area contributed by atoms with Gasteiger partial charge in [0.15, 0.2) is 0 Å². The van der Waals surface area contributed by atoms with Gasteiger partial charge in [0.25, 0.3) is 0 Å². The van der Waals surface area contributed by atoms with Gasteiger partial charge in [0.05, 0.1) is 6.61 Å². The first kappa shape index (κ1) is 16.2. The number of amides is 1. The van der Waals surface area contributed by atoms with Crippen molar-refractivity contribution in [3.05, 3.63) is 0 Å². The zero-order valence-electron chi connectivity index (χ0n) is 11.5. The molecule has 0 spiro atoms. The fraction of sp³-hybridized carbons (Fsp3) is 0.917. The number of hydrogen-bond acceptors (Lipinski definition) is 4. The summed E-state index contributed by atoms with van der Waals surface area (Å²) < 4.78 is 5.09. The monoisotopic (exact) mass is 246 g/mol. The van der Waals surface area contributed by atoms with Gasteiger partial charge in [-0.3, -0.25) is 0 Å². The molecule has 0 aromatic heterocycles. The van der Waals surface area contributed by atoms with Crippen LogP contribution in [0.1, 0.15) is 34.6 Å². The van der Waals surface area contributed by atoms with Gasteiger partial charge in [-0.05, 0) is 26.7 Å². The van der Waals surface area contributed by atoms with Gasteiger partial charge >= 0.3 is 6.09 Å². The Morgan fingerprint density at radius 2 is 1.88 bits per heavy atom. The third-order valence-electron chi connectivity index (χ3n) is 2.20. The third-order valence-corrected chi connectivity index (χ3v) is 2.20. The van der Waals surface area contributed by atoms with E-state index in [1.807, 2.05) is 34.6 Å². The van der Waals surface area contributed by atoms with Gasteiger partial charge in [-0.2, -0.15) is 0 Å². The summed E-state index contributed by atoms with van der Waals surface area (Å²) in [7, 11) is 0. The van der Waals surface area contributed by atoms with Crippen molar-refractivity contribution in [3.8, 4) is 0 Å². The number of alkyl carbamates (subject to hydrolysis) is 1. The molecular weight excluding hydrogens is 220 g/mol. The molecule has 0 aliphatic heterocycles. The second-order valence-electron chi connectivity index (χ2n) is 5.42. The third kappa shape index (κ3) is 8.94. The zero-order valence-corrected chi connectivity index (χ0v) is 11.5. The van der Waals surface area contributed by atoms with Gasteiger partial charge in [-0.1, -0.05) is 13.8 Å². The summed E-state index contributed by atoms with van der Waals surface area (Å²) in [6.45, 7) is 10.7. The SMILES string of the molecule is CC(C)C(CO)NCCNC(=O)OC(C)(C)C. The highest BCUT2D eigenvalue weighted by Gasteiger charge is 2.15. The van der Waals surface area contributed by atoms with Crippen LogP contribution < -0.4 is 10.6 Å². The second kappa shape index (κ2) is 7.50. The molecule has 1 unspecified atom stereocenters. The van der Waals surface area contributed by atoms with Gasteiger partial charge in [0, 0.05) is 19.1 Å². The molecule has 1 atom stereocenters. The van der Waals surface area contributed by atoms with E-state index in [0.717, 1.165) is 0 Å². The Kier molecular flexibility index (Phi) is 7.15. The van der Waals surface area contributed by atoms with Gasteiger partial charge < -0.3 is 20.5 Å². The van der Waals surface area contributed by atoms with Crippen LogP contribution in [0.4, 0.5) is 4.79 Å². The Morgan fingerprint density at radius 1 is 1.29 bits per heavy atom. The van der Waals surface area contributed by atoms with Crippen molar-refractivity contribution in [1.29, 1.82) is 0 Å². The van der Waals surface area contributed by atoms with Crippen LogP contribution in [0.15, 0.2) is 0 Å². The molecule has 0 aromatic carbocycles. The van der Waals surface area contributed by atoms with Crippen molar-refractivity contribution in [2.24, 2.45) is 5.92 Å². The highest BCUT2D eigenvalue weighted by atomic mass is 16.6. The average molecular weight is 246 g/mol. The van der Waals surface area contributed by atoms with Crippen molar-refractivity contribution < 1.29 is 14.6 Å². The van der Waals surface area contributed by atoms with Crippen molar-refractivity contribution >= 4 is 6.09 Å². The molecule has 17 heavy (non-hydrogen) atoms. The summed E-state index contributed by atoms with van der Waals surface area (Å²) in [6.07, 6.45) is -0.413. The Hall–Kier alpha value is -0.810. The smallest absolute Gasteiger partial charge is 0.407 e. The van der Waals surface area contributed by atoms with Crippen molar-refractivity contribution in [2.45, 2.75) is 46.3 Å². The first-order chi connectivity index (χ1) is 7.76. The van der Waals surface area contributed by atoms with E-state index in [-0.39, 0.29) is 12.6 Å². The van der Waals surface area contributed by atoms with E-state index in [4.69, 9.17) is 9.84 Å². The van der Waals surface area contributed by atoms with Crippen LogP contribution in [0.3, 0.4) is 0 Å². The minimum absolute atomic E-state index is 0.0652. The van der Waals surface area contributed by atoms with Crippen molar-refractivity contribution in [3.63, 3.8) is 0 Å². The minimum atomic E-state index is -0.469. The lowest BCUT2D eigenvalue weighted by atomic mass is 10.1. The van der Waals surface area contributed by atoms with Crippen LogP contribution >= 0.6 is 0 Å². The molecule has 0 fully saturated rings. The number of aliphatic hydroxyl groups is 1. The van der Waals surface area contributed by atoms with Gasteiger partial charge in [-0.15, -0.1) is 0 Å². The van der Waals surface area contributed by atoms with Crippen LogP contribution in [0.5, 0.6) is 0 Å². The van der Waals surface area contributed by atoms with E-state index in [2.05, 4.69) is 10.6 Å². The molecule has 0 radical (unpaired) electrons. The number of nitrogens with one attached hydrogen (secondary N) is 2. The summed E-state index contributed by atoms with van der Waals surface area (Å²) in [5.74, 6) is 0.363. The lowest BCUT2D eigenvalue weighted by molar-refractivity contribution is 0.0527. The van der Waals surface area contributed by atoms with E-state index in [1.165, 1.54) is 0 Å². The maximum Gasteiger partial charge on any atom is 0.407 e. The molecule has 3 N–H and O–H groups in total. The Bertz CT molecular complexity index is 224. The first-order valence-corrected chi connectivity index (χ1v) is 6.07. The summed E-state index contributed by atoms with van der Waals surface area (Å²) in [6, 6.07) is 0.0652. The summed E-state index contributed by atoms with van der Waals surface area (Å²) in [5, 5.41) is 14.9. The molecule has 0 saturated heterocycles. The minimum Gasteiger partial charge on any atom is -0.444 e. The molecule has 0 aromatic rings. The maximum atomic E-state index is 11.3. The molecule has 5 heteroatoms. The van der Waals surface area contributed by atoms with Crippen LogP contribution in [0.2, 0.25) is 0 Å². The second-order valence-corrected chi connectivity index (χ2v) is 5.42. The normalized spacial score (nSPS) is 13.6. The number of carbonyl (C=O) groups excluding carboxylic acids is 1. The van der Waals surface area contributed by atoms with E-state index >= 15 is 0 Å². The van der Waals surface area contributed by atoms with Crippen molar-refractivity contribution in [1.82, 2.24) is 10.6 Å². The fourth-order valence-electron chi connectivity index (χ4n) is 1.25. The highest BCUT2D eigenvalue weighted by molar-refractivity contribution is 5.67. The van der Waals surface area contributed by atoms with E-state index in [9.17, 15) is 4.79 Å². The largest absolute Gasteiger partial charge is 0.444 e. The van der Waals surface area contributed by atoms with E-state index in [1.54, 1.807) is 0 Å². The van der Waals surface area contributed by atoms with E-state index < -0.39 is 11.7 Å². The van der Waals surface area contributed by atoms with E-state index in [0.29, 0.717) is 19.0 Å². The lowest BCUT2D eigenvalue weighted by Gasteiger charge is -2.21.